The third kappa shape index (κ3) is 4.11. The zero-order valence-corrected chi connectivity index (χ0v) is 12.9. The van der Waals surface area contributed by atoms with Gasteiger partial charge in [-0.1, -0.05) is 19.9 Å². The number of hydrogen-bond donors (Lipinski definition) is 2. The van der Waals surface area contributed by atoms with Crippen LogP contribution in [0.3, 0.4) is 0 Å². The second kappa shape index (κ2) is 6.66. The van der Waals surface area contributed by atoms with Gasteiger partial charge >= 0.3 is 13.6 Å². The van der Waals surface area contributed by atoms with Gasteiger partial charge in [-0.15, -0.1) is 0 Å². The molecule has 1 atom stereocenters. The molecule has 2 heterocycles. The number of esters is 1. The minimum atomic E-state index is -4.09. The van der Waals surface area contributed by atoms with E-state index in [4.69, 9.17) is 9.26 Å². The molecule has 2 N–H and O–H groups in total. The Hall–Kier alpha value is -1.27. The van der Waals surface area contributed by atoms with Gasteiger partial charge in [-0.2, -0.15) is 0 Å². The Morgan fingerprint density at radius 1 is 1.52 bits per heavy atom. The van der Waals surface area contributed by atoms with E-state index in [1.54, 1.807) is 19.9 Å². The van der Waals surface area contributed by atoms with Gasteiger partial charge in [0.25, 0.3) is 0 Å². The van der Waals surface area contributed by atoms with Gasteiger partial charge in [0.05, 0.1) is 5.92 Å². The summed E-state index contributed by atoms with van der Waals surface area (Å²) in [6.45, 7) is 4.25. The number of fused-ring (bicyclic) bond motifs is 1. The second-order valence-corrected chi connectivity index (χ2v) is 6.84. The molecule has 0 radical (unpaired) electrons. The Bertz CT molecular complexity index is 576. The lowest BCUT2D eigenvalue weighted by molar-refractivity contribution is -0.154. The average molecular weight is 314 g/mol. The molecule has 7 nitrogen and oxygen atoms in total. The summed E-state index contributed by atoms with van der Waals surface area (Å²) >= 11 is 0. The predicted octanol–water partition coefficient (Wildman–Crippen LogP) is 0.711. The summed E-state index contributed by atoms with van der Waals surface area (Å²) < 4.78 is 21.7. The zero-order valence-electron chi connectivity index (χ0n) is 12.0. The third-order valence-corrected chi connectivity index (χ3v) is 4.38. The first-order valence-electron chi connectivity index (χ1n) is 6.74. The Kier molecular flexibility index (Phi) is 5.11. The lowest BCUT2D eigenvalue weighted by Crippen LogP contribution is -2.27. The van der Waals surface area contributed by atoms with Gasteiger partial charge in [0.2, 0.25) is 6.79 Å². The highest BCUT2D eigenvalue weighted by Gasteiger charge is 2.27. The molecule has 1 aromatic rings. The number of ether oxygens (including phenoxy) is 1. The van der Waals surface area contributed by atoms with Crippen LogP contribution in [0.2, 0.25) is 0 Å². The van der Waals surface area contributed by atoms with Crippen molar-refractivity contribution in [1.29, 1.82) is 0 Å². The van der Waals surface area contributed by atoms with E-state index in [1.165, 1.54) is 6.07 Å². The van der Waals surface area contributed by atoms with Crippen molar-refractivity contribution < 1.29 is 23.5 Å². The minimum Gasteiger partial charge on any atom is -0.438 e. The SMILES string of the molecule is CC(C)C(=O)OCOP(=O)(O)c1ccc2c(n1)CCNC2. The Labute approximate surface area is 123 Å². The lowest BCUT2D eigenvalue weighted by atomic mass is 10.1. The van der Waals surface area contributed by atoms with E-state index in [-0.39, 0.29) is 11.4 Å². The maximum Gasteiger partial charge on any atom is 0.379 e. The van der Waals surface area contributed by atoms with E-state index >= 15 is 0 Å². The maximum atomic E-state index is 12.1. The van der Waals surface area contributed by atoms with Crippen LogP contribution in [-0.4, -0.2) is 29.2 Å². The van der Waals surface area contributed by atoms with Gasteiger partial charge in [0, 0.05) is 25.2 Å². The van der Waals surface area contributed by atoms with Crippen LogP contribution >= 0.6 is 7.60 Å². The fraction of sp³-hybridized carbons (Fsp3) is 0.538. The number of hydrogen-bond acceptors (Lipinski definition) is 6. The van der Waals surface area contributed by atoms with Crippen molar-refractivity contribution in [2.24, 2.45) is 5.92 Å². The highest BCUT2D eigenvalue weighted by molar-refractivity contribution is 7.60. The lowest BCUT2D eigenvalue weighted by Gasteiger charge is -2.18. The van der Waals surface area contributed by atoms with Crippen LogP contribution in [0.5, 0.6) is 0 Å². The van der Waals surface area contributed by atoms with Gasteiger partial charge in [0.1, 0.15) is 0 Å². The first-order valence-corrected chi connectivity index (χ1v) is 8.32. The number of rotatable bonds is 5. The fourth-order valence-corrected chi connectivity index (χ4v) is 2.71. The van der Waals surface area contributed by atoms with Crippen molar-refractivity contribution in [3.05, 3.63) is 23.4 Å². The van der Waals surface area contributed by atoms with Crippen molar-refractivity contribution in [2.45, 2.75) is 26.8 Å². The van der Waals surface area contributed by atoms with E-state index in [1.807, 2.05) is 0 Å². The first kappa shape index (κ1) is 16.1. The third-order valence-electron chi connectivity index (χ3n) is 3.10. The molecule has 116 valence electrons. The molecular weight excluding hydrogens is 295 g/mol. The Morgan fingerprint density at radius 3 is 3.00 bits per heavy atom. The molecule has 0 amide bonds. The summed E-state index contributed by atoms with van der Waals surface area (Å²) in [6, 6.07) is 3.23. The quantitative estimate of drug-likeness (QED) is 0.469. The van der Waals surface area contributed by atoms with Crippen LogP contribution in [-0.2, 0) is 31.6 Å². The minimum absolute atomic E-state index is 0.0243. The van der Waals surface area contributed by atoms with Gasteiger partial charge in [-0.05, 0) is 11.6 Å². The van der Waals surface area contributed by atoms with Crippen molar-refractivity contribution in [1.82, 2.24) is 10.3 Å². The molecule has 0 bridgehead atoms. The van der Waals surface area contributed by atoms with E-state index < -0.39 is 20.4 Å². The van der Waals surface area contributed by atoms with Crippen LogP contribution in [0.25, 0.3) is 0 Å². The monoisotopic (exact) mass is 314 g/mol. The summed E-state index contributed by atoms with van der Waals surface area (Å²) in [5, 5.41) is 3.20. The smallest absolute Gasteiger partial charge is 0.379 e. The molecule has 0 aromatic carbocycles. The first-order chi connectivity index (χ1) is 9.90. The summed E-state index contributed by atoms with van der Waals surface area (Å²) in [6.07, 6.45) is 0.700. The predicted molar refractivity (Wildman–Crippen MR) is 76.0 cm³/mol. The average Bonchev–Trinajstić information content (AvgIpc) is 2.46. The standard InChI is InChI=1S/C13H19N2O5P/c1-9(2)13(16)19-8-20-21(17,18)12-4-3-10-7-14-6-5-11(10)15-12/h3-4,9,14H,5-8H2,1-2H3,(H,17,18). The second-order valence-electron chi connectivity index (χ2n) is 5.09. The Morgan fingerprint density at radius 2 is 2.29 bits per heavy atom. The van der Waals surface area contributed by atoms with Crippen LogP contribution < -0.4 is 10.8 Å². The van der Waals surface area contributed by atoms with E-state index in [2.05, 4.69) is 10.3 Å². The number of carbonyl (C=O) groups is 1. The van der Waals surface area contributed by atoms with Crippen LogP contribution in [0, 0.1) is 5.92 Å². The molecule has 0 saturated heterocycles. The van der Waals surface area contributed by atoms with Crippen LogP contribution in [0.4, 0.5) is 0 Å². The summed E-state index contributed by atoms with van der Waals surface area (Å²) in [4.78, 5) is 25.4. The molecule has 21 heavy (non-hydrogen) atoms. The summed E-state index contributed by atoms with van der Waals surface area (Å²) in [5.74, 6) is -0.805. The molecule has 1 aliphatic heterocycles. The molecule has 0 aliphatic carbocycles. The van der Waals surface area contributed by atoms with Crippen molar-refractivity contribution in [2.75, 3.05) is 13.3 Å². The number of nitrogens with zero attached hydrogens (tertiary/aromatic N) is 1. The van der Waals surface area contributed by atoms with Crippen molar-refractivity contribution >= 4 is 19.0 Å². The molecule has 0 saturated carbocycles. The topological polar surface area (TPSA) is 97.8 Å². The maximum absolute atomic E-state index is 12.1. The van der Waals surface area contributed by atoms with Gasteiger partial charge < -0.3 is 14.9 Å². The highest BCUT2D eigenvalue weighted by Crippen LogP contribution is 2.40. The fourth-order valence-electron chi connectivity index (χ4n) is 1.87. The molecule has 1 unspecified atom stereocenters. The summed E-state index contributed by atoms with van der Waals surface area (Å²) in [5.41, 5.74) is 1.78. The molecule has 0 fully saturated rings. The van der Waals surface area contributed by atoms with E-state index in [9.17, 15) is 14.3 Å². The van der Waals surface area contributed by atoms with Crippen LogP contribution in [0.1, 0.15) is 25.1 Å². The zero-order chi connectivity index (χ0) is 15.5. The summed E-state index contributed by atoms with van der Waals surface area (Å²) in [7, 11) is -4.09. The van der Waals surface area contributed by atoms with Crippen molar-refractivity contribution in [3.63, 3.8) is 0 Å². The number of aromatic nitrogens is 1. The molecule has 0 spiro atoms. The van der Waals surface area contributed by atoms with Gasteiger partial charge in [0.15, 0.2) is 5.44 Å². The molecule has 2 rings (SSSR count). The van der Waals surface area contributed by atoms with Gasteiger partial charge in [-0.25, -0.2) is 4.98 Å². The van der Waals surface area contributed by atoms with Crippen molar-refractivity contribution in [3.8, 4) is 0 Å². The Balaban J connectivity index is 2.02. The molecular formula is C13H19N2O5P. The number of carbonyl (C=O) groups excluding carboxylic acids is 1. The molecule has 1 aromatic heterocycles. The number of nitrogens with one attached hydrogen (secondary N) is 1. The molecule has 1 aliphatic rings. The number of pyridine rings is 1. The van der Waals surface area contributed by atoms with E-state index in [0.717, 1.165) is 17.8 Å². The molecule has 8 heteroatoms. The van der Waals surface area contributed by atoms with Crippen LogP contribution in [0.15, 0.2) is 12.1 Å². The normalized spacial score (nSPS) is 17.1. The highest BCUT2D eigenvalue weighted by atomic mass is 31.2. The van der Waals surface area contributed by atoms with E-state index in [0.29, 0.717) is 13.0 Å². The van der Waals surface area contributed by atoms with Gasteiger partial charge in [-0.3, -0.25) is 13.9 Å². The largest absolute Gasteiger partial charge is 0.438 e.